The van der Waals surface area contributed by atoms with Crippen molar-refractivity contribution in [3.8, 4) is 23.0 Å². The number of hydrogen-bond acceptors (Lipinski definition) is 5. The summed E-state index contributed by atoms with van der Waals surface area (Å²) < 4.78 is 16.4. The highest BCUT2D eigenvalue weighted by Gasteiger charge is 2.21. The Kier molecular flexibility index (Phi) is 5.45. The lowest BCUT2D eigenvalue weighted by Crippen LogP contribution is -2.20. The predicted molar refractivity (Wildman–Crippen MR) is 113 cm³/mol. The van der Waals surface area contributed by atoms with Gasteiger partial charge in [0.2, 0.25) is 0 Å². The van der Waals surface area contributed by atoms with Crippen LogP contribution in [0.2, 0.25) is 5.02 Å². The van der Waals surface area contributed by atoms with Crippen LogP contribution in [-0.4, -0.2) is 25.5 Å². The summed E-state index contributed by atoms with van der Waals surface area (Å²) in [5.41, 5.74) is 1.20. The van der Waals surface area contributed by atoms with E-state index in [1.807, 2.05) is 0 Å². The van der Waals surface area contributed by atoms with Gasteiger partial charge in [-0.2, -0.15) is 0 Å². The zero-order chi connectivity index (χ0) is 21.1. The molecule has 3 aromatic rings. The zero-order valence-electron chi connectivity index (χ0n) is 15.9. The molecule has 2 amide bonds. The Hall–Kier alpha value is -3.71. The Morgan fingerprint density at radius 3 is 2.70 bits per heavy atom. The van der Waals surface area contributed by atoms with Crippen molar-refractivity contribution >= 4 is 34.8 Å². The van der Waals surface area contributed by atoms with Gasteiger partial charge in [-0.3, -0.25) is 9.59 Å². The van der Waals surface area contributed by atoms with Gasteiger partial charge in [-0.05, 0) is 48.5 Å². The van der Waals surface area contributed by atoms with Gasteiger partial charge in [-0.25, -0.2) is 0 Å². The molecule has 0 fully saturated rings. The molecule has 2 N–H and O–H groups in total. The minimum atomic E-state index is -0.372. The van der Waals surface area contributed by atoms with E-state index in [0.717, 1.165) is 0 Å². The minimum Gasteiger partial charge on any atom is -0.497 e. The third-order valence-electron chi connectivity index (χ3n) is 4.33. The Labute approximate surface area is 177 Å². The van der Waals surface area contributed by atoms with Gasteiger partial charge in [0.05, 0.1) is 18.4 Å². The zero-order valence-corrected chi connectivity index (χ0v) is 16.7. The molecule has 0 aliphatic carbocycles. The molecule has 1 aliphatic rings. The molecular weight excluding hydrogens is 408 g/mol. The standard InChI is InChI=1S/C22H17ClN2O5/c1-28-15-3-2-4-16(11-15)29-12-21(26)24-14-6-8-19-17(10-14)22(27)25-18-9-13(23)5-7-20(18)30-19/h2-11H,12H2,1H3,(H,24,26)(H,25,27). The van der Waals surface area contributed by atoms with Crippen molar-refractivity contribution < 1.29 is 23.8 Å². The predicted octanol–water partition coefficient (Wildman–Crippen LogP) is 4.72. The van der Waals surface area contributed by atoms with Gasteiger partial charge in [0, 0.05) is 16.8 Å². The number of nitrogens with one attached hydrogen (secondary N) is 2. The van der Waals surface area contributed by atoms with E-state index >= 15 is 0 Å². The van der Waals surface area contributed by atoms with E-state index in [1.54, 1.807) is 67.8 Å². The van der Waals surface area contributed by atoms with Crippen molar-refractivity contribution in [3.05, 3.63) is 71.2 Å². The summed E-state index contributed by atoms with van der Waals surface area (Å²) in [5, 5.41) is 5.95. The fourth-order valence-electron chi connectivity index (χ4n) is 2.91. The van der Waals surface area contributed by atoms with Crippen LogP contribution in [0, 0.1) is 0 Å². The summed E-state index contributed by atoms with van der Waals surface area (Å²) in [4.78, 5) is 24.9. The van der Waals surface area contributed by atoms with Gasteiger partial charge in [-0.1, -0.05) is 17.7 Å². The van der Waals surface area contributed by atoms with Crippen LogP contribution in [0.4, 0.5) is 11.4 Å². The SMILES string of the molecule is COc1cccc(OCC(=O)Nc2ccc3c(c2)C(=O)Nc2cc(Cl)ccc2O3)c1. The van der Waals surface area contributed by atoms with E-state index in [0.29, 0.717) is 39.4 Å². The fourth-order valence-corrected chi connectivity index (χ4v) is 3.08. The fraction of sp³-hybridized carbons (Fsp3) is 0.0909. The van der Waals surface area contributed by atoms with Crippen molar-refractivity contribution in [2.45, 2.75) is 0 Å². The maximum absolute atomic E-state index is 12.6. The molecule has 7 nitrogen and oxygen atoms in total. The first kappa shape index (κ1) is 19.6. The second-order valence-corrected chi connectivity index (χ2v) is 6.86. The number of hydrogen-bond donors (Lipinski definition) is 2. The van der Waals surface area contributed by atoms with E-state index in [1.165, 1.54) is 0 Å². The molecular formula is C22H17ClN2O5. The summed E-state index contributed by atoms with van der Waals surface area (Å²) in [6.45, 7) is -0.198. The Morgan fingerprint density at radius 1 is 1.07 bits per heavy atom. The lowest BCUT2D eigenvalue weighted by atomic mass is 10.1. The number of benzene rings is 3. The van der Waals surface area contributed by atoms with E-state index in [4.69, 9.17) is 25.8 Å². The summed E-state index contributed by atoms with van der Waals surface area (Å²) in [7, 11) is 1.55. The minimum absolute atomic E-state index is 0.198. The normalized spacial score (nSPS) is 11.9. The molecule has 0 spiro atoms. The van der Waals surface area contributed by atoms with Crippen molar-refractivity contribution in [1.82, 2.24) is 0 Å². The van der Waals surface area contributed by atoms with Crippen LogP contribution < -0.4 is 24.8 Å². The summed E-state index contributed by atoms with van der Waals surface area (Å²) >= 11 is 5.99. The van der Waals surface area contributed by atoms with E-state index in [-0.39, 0.29) is 24.0 Å². The highest BCUT2D eigenvalue weighted by atomic mass is 35.5. The molecule has 152 valence electrons. The quantitative estimate of drug-likeness (QED) is 0.618. The number of carbonyl (C=O) groups is 2. The monoisotopic (exact) mass is 424 g/mol. The van der Waals surface area contributed by atoms with Crippen molar-refractivity contribution in [3.63, 3.8) is 0 Å². The second kappa shape index (κ2) is 8.34. The summed E-state index contributed by atoms with van der Waals surface area (Å²) in [5.74, 6) is 1.26. The Bertz CT molecular complexity index is 1130. The van der Waals surface area contributed by atoms with Crippen molar-refractivity contribution in [1.29, 1.82) is 0 Å². The number of halogens is 1. The highest BCUT2D eigenvalue weighted by molar-refractivity contribution is 6.31. The maximum Gasteiger partial charge on any atom is 0.262 e. The number of carbonyl (C=O) groups excluding carboxylic acids is 2. The average molecular weight is 425 g/mol. The van der Waals surface area contributed by atoms with Gasteiger partial charge in [0.1, 0.15) is 17.2 Å². The molecule has 8 heteroatoms. The molecule has 0 radical (unpaired) electrons. The van der Waals surface area contributed by atoms with Crippen molar-refractivity contribution in [2.75, 3.05) is 24.4 Å². The lowest BCUT2D eigenvalue weighted by molar-refractivity contribution is -0.118. The van der Waals surface area contributed by atoms with Crippen LogP contribution >= 0.6 is 11.6 Å². The Morgan fingerprint density at radius 2 is 1.87 bits per heavy atom. The summed E-state index contributed by atoms with van der Waals surface area (Å²) in [6.07, 6.45) is 0. The molecule has 1 aliphatic heterocycles. The second-order valence-electron chi connectivity index (χ2n) is 6.42. The largest absolute Gasteiger partial charge is 0.497 e. The molecule has 0 bridgehead atoms. The van der Waals surface area contributed by atoms with Crippen LogP contribution in [0.5, 0.6) is 23.0 Å². The van der Waals surface area contributed by atoms with E-state index in [9.17, 15) is 9.59 Å². The van der Waals surface area contributed by atoms with Gasteiger partial charge >= 0.3 is 0 Å². The molecule has 4 rings (SSSR count). The number of rotatable bonds is 5. The number of amides is 2. The molecule has 0 saturated carbocycles. The number of methoxy groups -OCH3 is 1. The number of fused-ring (bicyclic) bond motifs is 2. The van der Waals surface area contributed by atoms with Gasteiger partial charge < -0.3 is 24.8 Å². The smallest absolute Gasteiger partial charge is 0.262 e. The third-order valence-corrected chi connectivity index (χ3v) is 4.56. The molecule has 1 heterocycles. The lowest BCUT2D eigenvalue weighted by Gasteiger charge is -2.11. The van der Waals surface area contributed by atoms with Crippen LogP contribution in [0.3, 0.4) is 0 Å². The van der Waals surface area contributed by atoms with Gasteiger partial charge in [0.15, 0.2) is 12.4 Å². The third kappa shape index (κ3) is 4.31. The molecule has 0 unspecified atom stereocenters. The summed E-state index contributed by atoms with van der Waals surface area (Å²) in [6, 6.07) is 16.7. The molecule has 0 aromatic heterocycles. The first-order valence-corrected chi connectivity index (χ1v) is 9.39. The Balaban J connectivity index is 1.45. The van der Waals surface area contributed by atoms with Crippen LogP contribution in [0.1, 0.15) is 10.4 Å². The highest BCUT2D eigenvalue weighted by Crippen LogP contribution is 2.37. The number of ether oxygens (including phenoxy) is 3. The van der Waals surface area contributed by atoms with Gasteiger partial charge in [-0.15, -0.1) is 0 Å². The van der Waals surface area contributed by atoms with Crippen LogP contribution in [0.15, 0.2) is 60.7 Å². The number of anilines is 2. The van der Waals surface area contributed by atoms with Crippen LogP contribution in [0.25, 0.3) is 0 Å². The molecule has 30 heavy (non-hydrogen) atoms. The molecule has 0 saturated heterocycles. The molecule has 3 aromatic carbocycles. The maximum atomic E-state index is 12.6. The molecule has 0 atom stereocenters. The van der Waals surface area contributed by atoms with Crippen LogP contribution in [-0.2, 0) is 4.79 Å². The first-order valence-electron chi connectivity index (χ1n) is 9.01. The van der Waals surface area contributed by atoms with E-state index in [2.05, 4.69) is 10.6 Å². The van der Waals surface area contributed by atoms with Crippen molar-refractivity contribution in [2.24, 2.45) is 0 Å². The van der Waals surface area contributed by atoms with E-state index < -0.39 is 0 Å². The first-order chi connectivity index (χ1) is 14.5. The van der Waals surface area contributed by atoms with Gasteiger partial charge in [0.25, 0.3) is 11.8 Å². The topological polar surface area (TPSA) is 85.9 Å². The average Bonchev–Trinajstić information content (AvgIpc) is 2.88.